The summed E-state index contributed by atoms with van der Waals surface area (Å²) in [4.78, 5) is 27.6. The number of pyridine rings is 1. The van der Waals surface area contributed by atoms with Crippen LogP contribution in [0.15, 0.2) is 30.7 Å². The molecule has 0 bridgehead atoms. The molecule has 8 nitrogen and oxygen atoms in total. The molecule has 0 fully saturated rings. The smallest absolute Gasteiger partial charge is 0.258 e. The Balaban J connectivity index is 1.81. The van der Waals surface area contributed by atoms with Gasteiger partial charge in [-0.15, -0.1) is 5.10 Å². The summed E-state index contributed by atoms with van der Waals surface area (Å²) in [6.45, 7) is 0.232. The van der Waals surface area contributed by atoms with Gasteiger partial charge in [-0.05, 0) is 11.6 Å². The molecule has 0 aliphatic heterocycles. The van der Waals surface area contributed by atoms with E-state index in [9.17, 15) is 9.59 Å². The van der Waals surface area contributed by atoms with E-state index in [1.807, 2.05) is 6.07 Å². The molecule has 22 heavy (non-hydrogen) atoms. The molecule has 2 aromatic rings. The van der Waals surface area contributed by atoms with Crippen LogP contribution in [0.2, 0.25) is 0 Å². The highest BCUT2D eigenvalue weighted by Crippen LogP contribution is 2.13. The zero-order valence-corrected chi connectivity index (χ0v) is 12.4. The molecule has 0 aliphatic carbocycles. The number of rotatable bonds is 6. The molecule has 2 aromatic heterocycles. The number of nitrogens with one attached hydrogen (secondary N) is 2. The van der Waals surface area contributed by atoms with E-state index in [1.165, 1.54) is 18.0 Å². The molecule has 8 heteroatoms. The summed E-state index contributed by atoms with van der Waals surface area (Å²) in [5.41, 5.74) is 1.17. The largest absolute Gasteiger partial charge is 0.479 e. The highest BCUT2D eigenvalue weighted by molar-refractivity contribution is 5.98. The molecule has 2 rings (SSSR count). The summed E-state index contributed by atoms with van der Waals surface area (Å²) in [6, 6.07) is 3.64. The third kappa shape index (κ3) is 4.05. The fourth-order valence-corrected chi connectivity index (χ4v) is 1.80. The van der Waals surface area contributed by atoms with Crippen molar-refractivity contribution in [3.63, 3.8) is 0 Å². The minimum Gasteiger partial charge on any atom is -0.479 e. The van der Waals surface area contributed by atoms with Gasteiger partial charge in [-0.2, -0.15) is 0 Å². The highest BCUT2D eigenvalue weighted by Gasteiger charge is 2.16. The topological polar surface area (TPSA) is 98.1 Å². The number of aromatic nitrogens is 3. The van der Waals surface area contributed by atoms with Crippen LogP contribution in [-0.4, -0.2) is 40.2 Å². The van der Waals surface area contributed by atoms with Gasteiger partial charge in [-0.1, -0.05) is 6.07 Å². The standard InChI is InChI=1S/C14H17N5O3/c1-19-9-11(14(18-19)22-2)13(21)17-8-12(20)16-7-10-4-3-5-15-6-10/h3-6,9H,7-8H2,1-2H3,(H,16,20)(H,17,21). The van der Waals surface area contributed by atoms with Crippen molar-refractivity contribution in [1.82, 2.24) is 25.4 Å². The molecule has 0 unspecified atom stereocenters. The number of aryl methyl sites for hydroxylation is 1. The number of hydrogen-bond acceptors (Lipinski definition) is 5. The molecule has 0 saturated heterocycles. The van der Waals surface area contributed by atoms with Crippen LogP contribution < -0.4 is 15.4 Å². The molecule has 0 saturated carbocycles. The second-order valence-electron chi connectivity index (χ2n) is 4.55. The van der Waals surface area contributed by atoms with E-state index >= 15 is 0 Å². The zero-order chi connectivity index (χ0) is 15.9. The maximum atomic E-state index is 12.0. The Hall–Kier alpha value is -2.90. The van der Waals surface area contributed by atoms with Gasteiger partial charge in [0.2, 0.25) is 11.8 Å². The number of hydrogen-bond donors (Lipinski definition) is 2. The minimum atomic E-state index is -0.415. The Morgan fingerprint density at radius 2 is 2.18 bits per heavy atom. The van der Waals surface area contributed by atoms with Crippen molar-refractivity contribution in [1.29, 1.82) is 0 Å². The Morgan fingerprint density at radius 1 is 1.36 bits per heavy atom. The first-order chi connectivity index (χ1) is 10.6. The minimum absolute atomic E-state index is 0.128. The van der Waals surface area contributed by atoms with Gasteiger partial charge in [0.15, 0.2) is 0 Å². The molecular weight excluding hydrogens is 286 g/mol. The van der Waals surface area contributed by atoms with Crippen molar-refractivity contribution in [2.24, 2.45) is 7.05 Å². The van der Waals surface area contributed by atoms with Crippen LogP contribution in [0.3, 0.4) is 0 Å². The van der Waals surface area contributed by atoms with Crippen LogP contribution >= 0.6 is 0 Å². The third-order valence-electron chi connectivity index (χ3n) is 2.85. The van der Waals surface area contributed by atoms with E-state index in [0.717, 1.165) is 5.56 Å². The molecular formula is C14H17N5O3. The third-order valence-corrected chi connectivity index (χ3v) is 2.85. The second-order valence-corrected chi connectivity index (χ2v) is 4.55. The van der Waals surface area contributed by atoms with Crippen molar-refractivity contribution >= 4 is 11.8 Å². The maximum absolute atomic E-state index is 12.0. The van der Waals surface area contributed by atoms with Crippen LogP contribution in [0.1, 0.15) is 15.9 Å². The van der Waals surface area contributed by atoms with Gasteiger partial charge in [0, 0.05) is 32.2 Å². The van der Waals surface area contributed by atoms with Gasteiger partial charge >= 0.3 is 0 Å². The molecule has 0 aromatic carbocycles. The SMILES string of the molecule is COc1nn(C)cc1C(=O)NCC(=O)NCc1cccnc1. The van der Waals surface area contributed by atoms with Crippen LogP contribution in [0, 0.1) is 0 Å². The normalized spacial score (nSPS) is 10.1. The predicted molar refractivity (Wildman–Crippen MR) is 78.2 cm³/mol. The van der Waals surface area contributed by atoms with Crippen LogP contribution in [0.25, 0.3) is 0 Å². The average Bonchev–Trinajstić information content (AvgIpc) is 2.92. The van der Waals surface area contributed by atoms with Gasteiger partial charge in [0.25, 0.3) is 5.91 Å². The van der Waals surface area contributed by atoms with E-state index in [1.54, 1.807) is 25.5 Å². The van der Waals surface area contributed by atoms with E-state index < -0.39 is 5.91 Å². The number of nitrogens with zero attached hydrogens (tertiary/aromatic N) is 3. The zero-order valence-electron chi connectivity index (χ0n) is 12.4. The number of methoxy groups -OCH3 is 1. The Kier molecular flexibility index (Phi) is 5.07. The molecule has 0 aliphatic rings. The van der Waals surface area contributed by atoms with Crippen LogP contribution in [-0.2, 0) is 18.4 Å². The Morgan fingerprint density at radius 3 is 2.86 bits per heavy atom. The maximum Gasteiger partial charge on any atom is 0.258 e. The first kappa shape index (κ1) is 15.5. The quantitative estimate of drug-likeness (QED) is 0.774. The Bertz CT molecular complexity index is 654. The molecule has 0 spiro atoms. The summed E-state index contributed by atoms with van der Waals surface area (Å²) < 4.78 is 6.47. The van der Waals surface area contributed by atoms with Crippen molar-refractivity contribution < 1.29 is 14.3 Å². The van der Waals surface area contributed by atoms with Gasteiger partial charge in [0.05, 0.1) is 13.7 Å². The van der Waals surface area contributed by atoms with Gasteiger partial charge in [-0.25, -0.2) is 0 Å². The Labute approximate surface area is 127 Å². The molecule has 116 valence electrons. The van der Waals surface area contributed by atoms with Crippen LogP contribution in [0.5, 0.6) is 5.88 Å². The molecule has 0 radical (unpaired) electrons. The number of carbonyl (C=O) groups excluding carboxylic acids is 2. The monoisotopic (exact) mass is 303 g/mol. The second kappa shape index (κ2) is 7.21. The summed E-state index contributed by atoms with van der Waals surface area (Å²) >= 11 is 0. The fraction of sp³-hybridized carbons (Fsp3) is 0.286. The van der Waals surface area contributed by atoms with Crippen molar-refractivity contribution in [3.05, 3.63) is 41.9 Å². The lowest BCUT2D eigenvalue weighted by molar-refractivity contribution is -0.120. The molecule has 2 N–H and O–H groups in total. The first-order valence-corrected chi connectivity index (χ1v) is 6.61. The molecule has 2 amide bonds. The van der Waals surface area contributed by atoms with Gasteiger partial charge in [-0.3, -0.25) is 19.3 Å². The van der Waals surface area contributed by atoms with Gasteiger partial charge < -0.3 is 15.4 Å². The summed E-state index contributed by atoms with van der Waals surface area (Å²) in [6.07, 6.45) is 4.86. The van der Waals surface area contributed by atoms with E-state index in [4.69, 9.17) is 4.74 Å². The number of ether oxygens (including phenoxy) is 1. The van der Waals surface area contributed by atoms with Crippen molar-refractivity contribution in [2.45, 2.75) is 6.54 Å². The summed E-state index contributed by atoms with van der Waals surface area (Å²) in [7, 11) is 3.11. The summed E-state index contributed by atoms with van der Waals surface area (Å²) in [5, 5.41) is 9.20. The lowest BCUT2D eigenvalue weighted by atomic mass is 10.3. The van der Waals surface area contributed by atoms with Crippen molar-refractivity contribution in [3.8, 4) is 5.88 Å². The van der Waals surface area contributed by atoms with E-state index in [2.05, 4.69) is 20.7 Å². The number of amides is 2. The van der Waals surface area contributed by atoms with Gasteiger partial charge in [0.1, 0.15) is 5.56 Å². The first-order valence-electron chi connectivity index (χ1n) is 6.61. The highest BCUT2D eigenvalue weighted by atomic mass is 16.5. The summed E-state index contributed by atoms with van der Waals surface area (Å²) in [5.74, 6) is -0.489. The molecule has 2 heterocycles. The number of carbonyl (C=O) groups is 2. The lowest BCUT2D eigenvalue weighted by Crippen LogP contribution is -2.36. The average molecular weight is 303 g/mol. The lowest BCUT2D eigenvalue weighted by Gasteiger charge is -2.06. The van der Waals surface area contributed by atoms with Crippen molar-refractivity contribution in [2.75, 3.05) is 13.7 Å². The predicted octanol–water partition coefficient (Wildman–Crippen LogP) is -0.130. The molecule has 0 atom stereocenters. The van der Waals surface area contributed by atoms with E-state index in [-0.39, 0.29) is 23.9 Å². The fourth-order valence-electron chi connectivity index (χ4n) is 1.80. The van der Waals surface area contributed by atoms with Crippen LogP contribution in [0.4, 0.5) is 0 Å². The van der Waals surface area contributed by atoms with E-state index in [0.29, 0.717) is 6.54 Å².